The quantitative estimate of drug-likeness (QED) is 0.184. The minimum Gasteiger partial charge on any atom is -0.466 e. The Morgan fingerprint density at radius 1 is 1.05 bits per heavy atom. The summed E-state index contributed by atoms with van der Waals surface area (Å²) in [6, 6.07) is 24.6. The zero-order chi connectivity index (χ0) is 27.4. The summed E-state index contributed by atoms with van der Waals surface area (Å²) < 4.78 is 4.73. The van der Waals surface area contributed by atoms with Gasteiger partial charge in [0.1, 0.15) is 0 Å². The number of carbonyl (C=O) groups is 1. The zero-order valence-electron chi connectivity index (χ0n) is 23.0. The molecule has 5 heteroatoms. The van der Waals surface area contributed by atoms with E-state index in [9.17, 15) is 4.79 Å². The van der Waals surface area contributed by atoms with Crippen LogP contribution in [0.25, 0.3) is 11.6 Å². The summed E-state index contributed by atoms with van der Waals surface area (Å²) in [4.78, 5) is 14.1. The van der Waals surface area contributed by atoms with E-state index < -0.39 is 0 Å². The Bertz CT molecular complexity index is 1380. The molecule has 3 aromatic carbocycles. The van der Waals surface area contributed by atoms with Crippen molar-refractivity contribution in [3.63, 3.8) is 0 Å². The van der Waals surface area contributed by atoms with Crippen LogP contribution < -0.4 is 10.2 Å². The third-order valence-electron chi connectivity index (χ3n) is 7.76. The lowest BCUT2D eigenvalue weighted by atomic mass is 9.83. The van der Waals surface area contributed by atoms with Crippen molar-refractivity contribution in [1.82, 2.24) is 5.32 Å². The fourth-order valence-corrected chi connectivity index (χ4v) is 5.57. The number of allylic oxidation sites excluding steroid dienone is 1. The van der Waals surface area contributed by atoms with Gasteiger partial charge in [-0.15, -0.1) is 0 Å². The van der Waals surface area contributed by atoms with Crippen LogP contribution in [0.2, 0.25) is 0 Å². The fraction of sp³-hybridized carbons (Fsp3) is 0.294. The van der Waals surface area contributed by atoms with Crippen molar-refractivity contribution in [2.24, 2.45) is 0 Å². The van der Waals surface area contributed by atoms with Crippen molar-refractivity contribution in [2.45, 2.75) is 51.1 Å². The highest BCUT2D eigenvalue weighted by Gasteiger charge is 2.34. The van der Waals surface area contributed by atoms with Crippen LogP contribution in [0.5, 0.6) is 0 Å². The molecule has 39 heavy (non-hydrogen) atoms. The molecule has 0 saturated heterocycles. The molecule has 0 radical (unpaired) electrons. The second-order valence-corrected chi connectivity index (χ2v) is 10.5. The average molecular weight is 520 g/mol. The maximum absolute atomic E-state index is 11.6. The Hall–Kier alpha value is -4.12. The smallest absolute Gasteiger partial charge is 0.330 e. The van der Waals surface area contributed by atoms with Gasteiger partial charge in [0.2, 0.25) is 0 Å². The summed E-state index contributed by atoms with van der Waals surface area (Å²) in [6.45, 7) is 5.18. The molecule has 0 amide bonds. The minimum atomic E-state index is -0.363. The average Bonchev–Trinajstić information content (AvgIpc) is 3.82. The monoisotopic (exact) mass is 519 g/mol. The Morgan fingerprint density at radius 3 is 2.41 bits per heavy atom. The van der Waals surface area contributed by atoms with Crippen LogP contribution in [0.15, 0.2) is 79.0 Å². The molecule has 1 aliphatic carbocycles. The van der Waals surface area contributed by atoms with Crippen molar-refractivity contribution in [2.75, 3.05) is 18.6 Å². The van der Waals surface area contributed by atoms with Crippen LogP contribution in [-0.4, -0.2) is 31.9 Å². The lowest BCUT2D eigenvalue weighted by Crippen LogP contribution is -2.43. The first-order valence-electron chi connectivity index (χ1n) is 13.8. The summed E-state index contributed by atoms with van der Waals surface area (Å²) in [5, 5.41) is 11.2. The molecule has 1 saturated carbocycles. The zero-order valence-corrected chi connectivity index (χ0v) is 23.0. The molecule has 2 atom stereocenters. The van der Waals surface area contributed by atoms with E-state index in [0.717, 1.165) is 35.6 Å². The van der Waals surface area contributed by atoms with Crippen molar-refractivity contribution in [3.05, 3.63) is 112 Å². The molecule has 1 heterocycles. The lowest BCUT2D eigenvalue weighted by molar-refractivity contribution is -0.134. The van der Waals surface area contributed by atoms with E-state index in [0.29, 0.717) is 0 Å². The van der Waals surface area contributed by atoms with Gasteiger partial charge in [0, 0.05) is 42.3 Å². The van der Waals surface area contributed by atoms with Crippen molar-refractivity contribution in [1.29, 1.82) is 5.41 Å². The Kier molecular flexibility index (Phi) is 7.97. The molecule has 200 valence electrons. The number of rotatable bonds is 9. The summed E-state index contributed by atoms with van der Waals surface area (Å²) in [5.41, 5.74) is 9.36. The molecular weight excluding hydrogens is 482 g/mol. The van der Waals surface area contributed by atoms with Gasteiger partial charge in [-0.3, -0.25) is 0 Å². The van der Waals surface area contributed by atoms with Gasteiger partial charge in [-0.1, -0.05) is 54.6 Å². The number of ether oxygens (including phenoxy) is 1. The van der Waals surface area contributed by atoms with Crippen LogP contribution in [0.1, 0.15) is 72.0 Å². The molecular formula is C34H37N3O2. The standard InChI is InChI=1S/C34H37N3O2/c1-4-36-22-30(21-35)28-14-17-32-29(20-28)19-23(2)37(31-15-12-26(13-16-31)25-10-11-25)34(32)27-8-5-24(6-9-27)7-18-33(38)39-3/h5-9,12-18,20-23,25,34-36H,4,10-11,19H2,1-3H3/b18-7+,30-22+,35-21?. The topological polar surface area (TPSA) is 65.4 Å². The number of anilines is 1. The predicted molar refractivity (Wildman–Crippen MR) is 160 cm³/mol. The molecule has 0 bridgehead atoms. The molecule has 3 aromatic rings. The van der Waals surface area contributed by atoms with E-state index in [1.165, 1.54) is 60.2 Å². The molecule has 2 unspecified atom stereocenters. The number of fused-ring (bicyclic) bond motifs is 1. The van der Waals surface area contributed by atoms with Gasteiger partial charge in [0.25, 0.3) is 0 Å². The maximum atomic E-state index is 11.6. The largest absolute Gasteiger partial charge is 0.466 e. The first-order chi connectivity index (χ1) is 19.0. The summed E-state index contributed by atoms with van der Waals surface area (Å²) in [6.07, 6.45) is 10.1. The minimum absolute atomic E-state index is 0.0457. The number of benzene rings is 3. The number of esters is 1. The highest BCUT2D eigenvalue weighted by atomic mass is 16.5. The van der Waals surface area contributed by atoms with E-state index in [-0.39, 0.29) is 18.1 Å². The summed E-state index contributed by atoms with van der Waals surface area (Å²) in [7, 11) is 1.38. The highest BCUT2D eigenvalue weighted by Crippen LogP contribution is 2.44. The van der Waals surface area contributed by atoms with Gasteiger partial charge in [-0.2, -0.15) is 0 Å². The van der Waals surface area contributed by atoms with Gasteiger partial charge >= 0.3 is 5.97 Å². The predicted octanol–water partition coefficient (Wildman–Crippen LogP) is 6.89. The van der Waals surface area contributed by atoms with Gasteiger partial charge in [0.05, 0.1) is 13.2 Å². The van der Waals surface area contributed by atoms with Crippen LogP contribution in [0.3, 0.4) is 0 Å². The number of hydrogen-bond donors (Lipinski definition) is 2. The maximum Gasteiger partial charge on any atom is 0.330 e. The SMILES string of the molecule is CCN/C=C(\C=N)c1ccc2c(c1)CC(C)N(c1ccc(C3CC3)cc1)C2c1ccc(/C=C/C(=O)OC)cc1. The van der Waals surface area contributed by atoms with Crippen molar-refractivity contribution >= 4 is 29.5 Å². The Morgan fingerprint density at radius 2 is 1.77 bits per heavy atom. The first kappa shape index (κ1) is 26.5. The summed E-state index contributed by atoms with van der Waals surface area (Å²) >= 11 is 0. The van der Waals surface area contributed by atoms with Crippen LogP contribution in [0, 0.1) is 5.41 Å². The molecule has 0 spiro atoms. The van der Waals surface area contributed by atoms with Crippen molar-refractivity contribution in [3.8, 4) is 0 Å². The first-order valence-corrected chi connectivity index (χ1v) is 13.8. The molecule has 5 nitrogen and oxygen atoms in total. The van der Waals surface area contributed by atoms with E-state index in [1.54, 1.807) is 6.08 Å². The normalized spacial score (nSPS) is 19.1. The van der Waals surface area contributed by atoms with Gasteiger partial charge in [-0.25, -0.2) is 4.79 Å². The second kappa shape index (κ2) is 11.7. The molecule has 5 rings (SSSR count). The number of nitrogens with zero attached hydrogens (tertiary/aromatic N) is 1. The number of carbonyl (C=O) groups excluding carboxylic acids is 1. The molecule has 1 fully saturated rings. The van der Waals surface area contributed by atoms with E-state index in [2.05, 4.69) is 90.8 Å². The van der Waals surface area contributed by atoms with Crippen LogP contribution in [-0.2, 0) is 16.0 Å². The van der Waals surface area contributed by atoms with E-state index >= 15 is 0 Å². The third kappa shape index (κ3) is 5.83. The number of methoxy groups -OCH3 is 1. The van der Waals surface area contributed by atoms with Gasteiger partial charge in [0.15, 0.2) is 0 Å². The second-order valence-electron chi connectivity index (χ2n) is 10.5. The lowest BCUT2D eigenvalue weighted by Gasteiger charge is -2.44. The third-order valence-corrected chi connectivity index (χ3v) is 7.76. The van der Waals surface area contributed by atoms with Gasteiger partial charge in [-0.05, 0) is 90.6 Å². The summed E-state index contributed by atoms with van der Waals surface area (Å²) in [5.74, 6) is 0.370. The van der Waals surface area contributed by atoms with Gasteiger partial charge < -0.3 is 20.4 Å². The highest BCUT2D eigenvalue weighted by molar-refractivity contribution is 6.08. The molecule has 2 aliphatic rings. The fourth-order valence-electron chi connectivity index (χ4n) is 5.57. The number of hydrogen-bond acceptors (Lipinski definition) is 5. The van der Waals surface area contributed by atoms with Crippen LogP contribution >= 0.6 is 0 Å². The Labute approximate surface area is 231 Å². The van der Waals surface area contributed by atoms with Crippen molar-refractivity contribution < 1.29 is 9.53 Å². The van der Waals surface area contributed by atoms with E-state index in [4.69, 9.17) is 10.1 Å². The molecule has 2 N–H and O–H groups in total. The molecule has 0 aromatic heterocycles. The van der Waals surface area contributed by atoms with Crippen LogP contribution in [0.4, 0.5) is 5.69 Å². The van der Waals surface area contributed by atoms with E-state index in [1.807, 2.05) is 6.20 Å². The number of nitrogens with one attached hydrogen (secondary N) is 2. The Balaban J connectivity index is 1.56. The molecule has 1 aliphatic heterocycles.